The molecule has 6 heteroatoms. The van der Waals surface area contributed by atoms with Crippen LogP contribution in [-0.2, 0) is 28.6 Å². The summed E-state index contributed by atoms with van der Waals surface area (Å²) in [5, 5.41) is 0. The molecular weight excluding hydrogens is 841 g/mol. The van der Waals surface area contributed by atoms with Gasteiger partial charge in [-0.25, -0.2) is 0 Å². The summed E-state index contributed by atoms with van der Waals surface area (Å²) in [4.78, 5) is 38.2. The van der Waals surface area contributed by atoms with Gasteiger partial charge in [0.1, 0.15) is 13.2 Å². The third-order valence-corrected chi connectivity index (χ3v) is 13.7. The predicted molar refractivity (Wildman–Crippen MR) is 293 cm³/mol. The molecule has 0 aromatic heterocycles. The summed E-state index contributed by atoms with van der Waals surface area (Å²) < 4.78 is 16.9. The van der Waals surface area contributed by atoms with Crippen LogP contribution < -0.4 is 0 Å². The van der Waals surface area contributed by atoms with Gasteiger partial charge in [-0.15, -0.1) is 0 Å². The van der Waals surface area contributed by atoms with Gasteiger partial charge in [-0.3, -0.25) is 14.4 Å². The fraction of sp³-hybridized carbons (Fsp3) is 0.887. The molecule has 0 fully saturated rings. The zero-order valence-electron chi connectivity index (χ0n) is 45.9. The molecule has 0 aliphatic rings. The smallest absolute Gasteiger partial charge is 0.306 e. The van der Waals surface area contributed by atoms with E-state index in [0.717, 1.165) is 83.5 Å². The average molecular weight is 958 g/mol. The molecule has 0 aliphatic heterocycles. The van der Waals surface area contributed by atoms with Crippen molar-refractivity contribution in [2.24, 2.45) is 0 Å². The van der Waals surface area contributed by atoms with Crippen LogP contribution in [0.2, 0.25) is 0 Å². The Kier molecular flexibility index (Phi) is 55.7. The van der Waals surface area contributed by atoms with Crippen molar-refractivity contribution in [1.29, 1.82) is 0 Å². The van der Waals surface area contributed by atoms with Gasteiger partial charge in [-0.2, -0.15) is 0 Å². The van der Waals surface area contributed by atoms with Crippen molar-refractivity contribution in [2.45, 2.75) is 341 Å². The molecule has 6 nitrogen and oxygen atoms in total. The highest BCUT2D eigenvalue weighted by Gasteiger charge is 2.19. The molecule has 1 atom stereocenters. The van der Waals surface area contributed by atoms with Gasteiger partial charge in [0.15, 0.2) is 6.10 Å². The van der Waals surface area contributed by atoms with E-state index in [1.807, 2.05) is 0 Å². The van der Waals surface area contributed by atoms with E-state index in [9.17, 15) is 14.4 Å². The van der Waals surface area contributed by atoms with Gasteiger partial charge in [0.25, 0.3) is 0 Å². The zero-order valence-corrected chi connectivity index (χ0v) is 45.9. The van der Waals surface area contributed by atoms with Crippen molar-refractivity contribution in [3.63, 3.8) is 0 Å². The van der Waals surface area contributed by atoms with E-state index in [-0.39, 0.29) is 31.1 Å². The first-order chi connectivity index (χ1) is 33.5. The Bertz CT molecular complexity index is 1100. The summed E-state index contributed by atoms with van der Waals surface area (Å²) in [5.74, 6) is -0.863. The second-order valence-corrected chi connectivity index (χ2v) is 20.6. The summed E-state index contributed by atoms with van der Waals surface area (Å²) in [6, 6.07) is 0. The number of ether oxygens (including phenoxy) is 3. The van der Waals surface area contributed by atoms with E-state index in [2.05, 4.69) is 45.1 Å². The van der Waals surface area contributed by atoms with Crippen LogP contribution in [0.3, 0.4) is 0 Å². The maximum Gasteiger partial charge on any atom is 0.306 e. The van der Waals surface area contributed by atoms with Crippen LogP contribution in [-0.4, -0.2) is 37.2 Å². The topological polar surface area (TPSA) is 78.9 Å². The van der Waals surface area contributed by atoms with Crippen LogP contribution in [0.4, 0.5) is 0 Å². The minimum atomic E-state index is -0.773. The summed E-state index contributed by atoms with van der Waals surface area (Å²) in [5.41, 5.74) is 0. The Morgan fingerprint density at radius 2 is 0.544 bits per heavy atom. The number of allylic oxidation sites excluding steroid dienone is 4. The third-order valence-electron chi connectivity index (χ3n) is 13.7. The van der Waals surface area contributed by atoms with E-state index in [1.54, 1.807) is 0 Å². The fourth-order valence-corrected chi connectivity index (χ4v) is 9.11. The zero-order chi connectivity index (χ0) is 49.3. The van der Waals surface area contributed by atoms with Crippen molar-refractivity contribution in [3.8, 4) is 0 Å². The number of carbonyl (C=O) groups is 3. The molecule has 0 heterocycles. The van der Waals surface area contributed by atoms with Crippen LogP contribution in [0.1, 0.15) is 335 Å². The molecule has 0 saturated heterocycles. The van der Waals surface area contributed by atoms with Gasteiger partial charge in [0.2, 0.25) is 0 Å². The van der Waals surface area contributed by atoms with Gasteiger partial charge >= 0.3 is 17.9 Å². The maximum absolute atomic E-state index is 12.8. The monoisotopic (exact) mass is 957 g/mol. The van der Waals surface area contributed by atoms with Gasteiger partial charge in [-0.05, 0) is 44.9 Å². The molecule has 0 aliphatic carbocycles. The van der Waals surface area contributed by atoms with Crippen molar-refractivity contribution < 1.29 is 28.6 Å². The molecule has 0 rings (SSSR count). The van der Waals surface area contributed by atoms with Crippen LogP contribution >= 0.6 is 0 Å². The quantitative estimate of drug-likeness (QED) is 0.0262. The van der Waals surface area contributed by atoms with Gasteiger partial charge in [-0.1, -0.05) is 295 Å². The van der Waals surface area contributed by atoms with E-state index in [4.69, 9.17) is 14.2 Å². The number of hydrogen-bond donors (Lipinski definition) is 0. The molecule has 0 saturated carbocycles. The molecule has 0 aromatic rings. The Hall–Kier alpha value is -2.11. The molecular formula is C62H116O6. The Labute approximate surface area is 423 Å². The molecule has 1 unspecified atom stereocenters. The van der Waals surface area contributed by atoms with Gasteiger partial charge in [0.05, 0.1) is 0 Å². The minimum Gasteiger partial charge on any atom is -0.462 e. The fourth-order valence-electron chi connectivity index (χ4n) is 9.11. The van der Waals surface area contributed by atoms with Crippen molar-refractivity contribution >= 4 is 17.9 Å². The molecule has 0 radical (unpaired) electrons. The van der Waals surface area contributed by atoms with Crippen LogP contribution in [0.15, 0.2) is 24.3 Å². The highest BCUT2D eigenvalue weighted by molar-refractivity contribution is 5.71. The minimum absolute atomic E-state index is 0.0714. The van der Waals surface area contributed by atoms with E-state index < -0.39 is 6.10 Å². The first kappa shape index (κ1) is 65.9. The van der Waals surface area contributed by atoms with Crippen molar-refractivity contribution in [2.75, 3.05) is 13.2 Å². The SMILES string of the molecule is CCCC/C=C\C/C=C\CCCCCCCC(=O)OC(COC(=O)CCCCCCCCCCCCCCC)COC(=O)CCCCCCCCCCCCCCCCCCCCCCCCC. The highest BCUT2D eigenvalue weighted by atomic mass is 16.6. The Balaban J connectivity index is 4.23. The van der Waals surface area contributed by atoms with Gasteiger partial charge < -0.3 is 14.2 Å². The highest BCUT2D eigenvalue weighted by Crippen LogP contribution is 2.18. The second-order valence-electron chi connectivity index (χ2n) is 20.6. The van der Waals surface area contributed by atoms with Crippen LogP contribution in [0.5, 0.6) is 0 Å². The lowest BCUT2D eigenvalue weighted by Crippen LogP contribution is -2.30. The first-order valence-corrected chi connectivity index (χ1v) is 30.3. The molecule has 0 spiro atoms. The summed E-state index contributed by atoms with van der Waals surface area (Å²) in [6.45, 7) is 6.64. The van der Waals surface area contributed by atoms with Crippen molar-refractivity contribution in [1.82, 2.24) is 0 Å². The molecule has 400 valence electrons. The lowest BCUT2D eigenvalue weighted by atomic mass is 10.0. The molecule has 0 aromatic carbocycles. The summed E-state index contributed by atoms with van der Waals surface area (Å²) in [7, 11) is 0. The number of carbonyl (C=O) groups excluding carboxylic acids is 3. The predicted octanol–water partition coefficient (Wildman–Crippen LogP) is 20.3. The summed E-state index contributed by atoms with van der Waals surface area (Å²) >= 11 is 0. The van der Waals surface area contributed by atoms with E-state index >= 15 is 0 Å². The first-order valence-electron chi connectivity index (χ1n) is 30.3. The lowest BCUT2D eigenvalue weighted by Gasteiger charge is -2.18. The number of unbranched alkanes of at least 4 members (excludes halogenated alkanes) is 41. The van der Waals surface area contributed by atoms with Crippen LogP contribution in [0, 0.1) is 0 Å². The molecule has 0 amide bonds. The number of rotatable bonds is 56. The Morgan fingerprint density at radius 3 is 0.853 bits per heavy atom. The van der Waals surface area contributed by atoms with E-state index in [1.165, 1.54) is 212 Å². The second kappa shape index (κ2) is 57.5. The lowest BCUT2D eigenvalue weighted by molar-refractivity contribution is -0.167. The number of esters is 3. The molecule has 0 N–H and O–H groups in total. The largest absolute Gasteiger partial charge is 0.462 e. The third kappa shape index (κ3) is 54.8. The molecule has 68 heavy (non-hydrogen) atoms. The maximum atomic E-state index is 12.8. The average Bonchev–Trinajstić information content (AvgIpc) is 3.34. The van der Waals surface area contributed by atoms with Gasteiger partial charge in [0, 0.05) is 19.3 Å². The van der Waals surface area contributed by atoms with Crippen molar-refractivity contribution in [3.05, 3.63) is 24.3 Å². The summed E-state index contributed by atoms with van der Waals surface area (Å²) in [6.07, 6.45) is 67.5. The normalized spacial score (nSPS) is 12.1. The molecule has 0 bridgehead atoms. The number of hydrogen-bond acceptors (Lipinski definition) is 6. The standard InChI is InChI=1S/C62H116O6/c1-4-7-10-13-16-19-22-25-27-28-29-30-31-32-33-34-35-38-40-43-46-49-52-55-61(64)67-58-59(57-66-60(63)54-51-48-45-42-39-36-24-21-18-15-12-9-6-3)68-62(65)56-53-50-47-44-41-37-26-23-20-17-14-11-8-5-2/h14,17,23,26,59H,4-13,15-16,18-22,24-25,27-58H2,1-3H3/b17-14-,26-23-. The van der Waals surface area contributed by atoms with E-state index in [0.29, 0.717) is 19.3 Å². The Morgan fingerprint density at radius 1 is 0.294 bits per heavy atom. The van der Waals surface area contributed by atoms with Crippen LogP contribution in [0.25, 0.3) is 0 Å².